The Hall–Kier alpha value is -4.11. The zero-order valence-electron chi connectivity index (χ0n) is 19.6. The summed E-state index contributed by atoms with van der Waals surface area (Å²) in [4.78, 5) is 37.1. The van der Waals surface area contributed by atoms with Crippen molar-refractivity contribution in [3.63, 3.8) is 0 Å². The Kier molecular flexibility index (Phi) is 6.00. The number of hydrogen-bond donors (Lipinski definition) is 2. The third kappa shape index (κ3) is 4.63. The van der Waals surface area contributed by atoms with Crippen LogP contribution in [0.25, 0.3) is 28.0 Å². The Morgan fingerprint density at radius 1 is 1.09 bits per heavy atom. The maximum absolute atomic E-state index is 12.6. The summed E-state index contributed by atoms with van der Waals surface area (Å²) >= 11 is 1.39. The molecule has 0 bridgehead atoms. The number of fused-ring (bicyclic) bond motifs is 1. The lowest BCUT2D eigenvalue weighted by Gasteiger charge is -2.08. The second kappa shape index (κ2) is 9.27. The lowest BCUT2D eigenvalue weighted by atomic mass is 9.98. The van der Waals surface area contributed by atoms with E-state index in [0.29, 0.717) is 22.0 Å². The second-order valence-corrected chi connectivity index (χ2v) is 9.36. The van der Waals surface area contributed by atoms with Gasteiger partial charge in [0.25, 0.3) is 5.56 Å². The van der Waals surface area contributed by atoms with Gasteiger partial charge in [0.15, 0.2) is 10.8 Å². The largest absolute Gasteiger partial charge is 0.310 e. The Labute approximate surface area is 205 Å². The molecule has 176 valence electrons. The number of benzene rings is 2. The number of aromatic nitrogens is 5. The molecule has 0 saturated carbocycles. The molecule has 3 heterocycles. The van der Waals surface area contributed by atoms with E-state index in [9.17, 15) is 9.59 Å². The van der Waals surface area contributed by atoms with Crippen molar-refractivity contribution < 1.29 is 4.79 Å². The van der Waals surface area contributed by atoms with Crippen LogP contribution in [0.5, 0.6) is 0 Å². The summed E-state index contributed by atoms with van der Waals surface area (Å²) in [7, 11) is 0. The van der Waals surface area contributed by atoms with Gasteiger partial charge in [0.2, 0.25) is 5.91 Å². The van der Waals surface area contributed by atoms with Crippen LogP contribution in [0.15, 0.2) is 58.8 Å². The van der Waals surface area contributed by atoms with E-state index in [1.54, 1.807) is 4.68 Å². The van der Waals surface area contributed by atoms with Crippen molar-refractivity contribution in [1.82, 2.24) is 24.7 Å². The maximum atomic E-state index is 12.6. The van der Waals surface area contributed by atoms with Crippen molar-refractivity contribution in [3.8, 4) is 16.9 Å². The minimum Gasteiger partial charge on any atom is -0.310 e. The lowest BCUT2D eigenvalue weighted by Crippen LogP contribution is -2.16. The van der Waals surface area contributed by atoms with Crippen molar-refractivity contribution in [3.05, 3.63) is 86.9 Å². The number of thiazole rings is 1. The second-order valence-electron chi connectivity index (χ2n) is 8.50. The van der Waals surface area contributed by atoms with Crippen molar-refractivity contribution in [2.75, 3.05) is 5.32 Å². The number of anilines is 1. The molecule has 2 N–H and O–H groups in total. The van der Waals surface area contributed by atoms with E-state index in [1.165, 1.54) is 23.1 Å². The summed E-state index contributed by atoms with van der Waals surface area (Å²) in [5, 5.41) is 10.1. The third-order valence-corrected chi connectivity index (χ3v) is 6.52. The first kappa shape index (κ1) is 22.7. The highest BCUT2D eigenvalue weighted by atomic mass is 32.1. The number of nitrogens with one attached hydrogen (secondary N) is 2. The highest BCUT2D eigenvalue weighted by Crippen LogP contribution is 2.31. The van der Waals surface area contributed by atoms with E-state index < -0.39 is 0 Å². The maximum Gasteiger partial charge on any atom is 0.262 e. The van der Waals surface area contributed by atoms with Crippen LogP contribution < -0.4 is 10.9 Å². The number of H-pyrrole nitrogens is 1. The molecule has 35 heavy (non-hydrogen) atoms. The van der Waals surface area contributed by atoms with Crippen LogP contribution >= 0.6 is 11.3 Å². The van der Waals surface area contributed by atoms with Crippen LogP contribution in [-0.4, -0.2) is 30.6 Å². The molecular weight excluding hydrogens is 460 g/mol. The molecule has 0 atom stereocenters. The molecule has 0 unspecified atom stereocenters. The molecule has 0 radical (unpaired) electrons. The lowest BCUT2D eigenvalue weighted by molar-refractivity contribution is -0.116. The average molecular weight is 485 g/mol. The molecule has 2 aromatic carbocycles. The molecule has 0 saturated heterocycles. The predicted octanol–water partition coefficient (Wildman–Crippen LogP) is 4.73. The summed E-state index contributed by atoms with van der Waals surface area (Å²) in [6, 6.07) is 13.8. The number of carbonyl (C=O) groups excluding carboxylic acids is 1. The predicted molar refractivity (Wildman–Crippen MR) is 138 cm³/mol. The summed E-state index contributed by atoms with van der Waals surface area (Å²) < 4.78 is 1.63. The Morgan fingerprint density at radius 2 is 1.83 bits per heavy atom. The van der Waals surface area contributed by atoms with Crippen LogP contribution in [0.2, 0.25) is 0 Å². The van der Waals surface area contributed by atoms with Crippen LogP contribution in [0, 0.1) is 20.8 Å². The fourth-order valence-corrected chi connectivity index (χ4v) is 5.00. The number of rotatable bonds is 6. The molecule has 5 aromatic rings. The van der Waals surface area contributed by atoms with Crippen LogP contribution in [0.4, 0.5) is 5.13 Å². The van der Waals surface area contributed by atoms with Crippen molar-refractivity contribution in [2.24, 2.45) is 0 Å². The molecule has 9 heteroatoms. The topological polar surface area (TPSA) is 106 Å². The number of nitrogens with zero attached hydrogens (tertiary/aromatic N) is 4. The molecule has 0 fully saturated rings. The fraction of sp³-hybridized carbons (Fsp3) is 0.192. The van der Waals surface area contributed by atoms with Gasteiger partial charge in [0.1, 0.15) is 11.2 Å². The van der Waals surface area contributed by atoms with E-state index >= 15 is 0 Å². The van der Waals surface area contributed by atoms with Crippen LogP contribution in [-0.2, 0) is 11.2 Å². The fourth-order valence-electron chi connectivity index (χ4n) is 4.28. The molecule has 0 aliphatic rings. The van der Waals surface area contributed by atoms with Crippen molar-refractivity contribution in [1.29, 1.82) is 0 Å². The number of aryl methyl sites for hydroxylation is 4. The Balaban J connectivity index is 1.30. The van der Waals surface area contributed by atoms with E-state index in [2.05, 4.69) is 58.3 Å². The van der Waals surface area contributed by atoms with Gasteiger partial charge in [-0.25, -0.2) is 14.6 Å². The van der Waals surface area contributed by atoms with Gasteiger partial charge < -0.3 is 10.3 Å². The first-order valence-electron chi connectivity index (χ1n) is 11.2. The first-order chi connectivity index (χ1) is 16.9. The van der Waals surface area contributed by atoms with Crippen LogP contribution in [0.1, 0.15) is 28.9 Å². The Bertz CT molecular complexity index is 1580. The third-order valence-electron chi connectivity index (χ3n) is 5.76. The van der Waals surface area contributed by atoms with Gasteiger partial charge in [-0.1, -0.05) is 35.9 Å². The number of amides is 1. The van der Waals surface area contributed by atoms with Gasteiger partial charge in [-0.05, 0) is 44.0 Å². The van der Waals surface area contributed by atoms with Crippen LogP contribution in [0.3, 0.4) is 0 Å². The molecule has 1 amide bonds. The van der Waals surface area contributed by atoms with Gasteiger partial charge in [-0.3, -0.25) is 9.59 Å². The van der Waals surface area contributed by atoms with E-state index in [0.717, 1.165) is 28.1 Å². The van der Waals surface area contributed by atoms with Gasteiger partial charge in [0.05, 0.1) is 17.6 Å². The van der Waals surface area contributed by atoms with Gasteiger partial charge in [-0.2, -0.15) is 5.10 Å². The first-order valence-corrected chi connectivity index (χ1v) is 12.1. The quantitative estimate of drug-likeness (QED) is 0.363. The van der Waals surface area contributed by atoms with E-state index in [1.807, 2.05) is 35.7 Å². The zero-order chi connectivity index (χ0) is 24.5. The monoisotopic (exact) mass is 484 g/mol. The molecule has 3 aromatic heterocycles. The normalized spacial score (nSPS) is 11.2. The highest BCUT2D eigenvalue weighted by molar-refractivity contribution is 7.14. The Morgan fingerprint density at radius 3 is 2.57 bits per heavy atom. The number of carbonyl (C=O) groups is 1. The number of aromatic amines is 1. The summed E-state index contributed by atoms with van der Waals surface area (Å²) in [5.74, 6) is 0.239. The van der Waals surface area contributed by atoms with E-state index in [4.69, 9.17) is 0 Å². The standard InChI is InChI=1S/C26H24N6O2S/c1-15-11-16(2)23(17(3)12-15)20-14-35-26(28-20)31-22(33)10-9-21-29-24-19(25(34)30-21)13-27-32(24)18-7-5-4-6-8-18/h4-8,11-14H,9-10H2,1-3H3,(H,28,31,33)(H,29,30,34). The SMILES string of the molecule is Cc1cc(C)c(-c2csc(NC(=O)CCc3nc4c(cnn4-c4ccccc4)c(=O)[nH]3)n2)c(C)c1. The minimum atomic E-state index is -0.277. The zero-order valence-corrected chi connectivity index (χ0v) is 20.4. The number of hydrogen-bond acceptors (Lipinski definition) is 6. The minimum absolute atomic E-state index is 0.158. The van der Waals surface area contributed by atoms with Crippen molar-refractivity contribution in [2.45, 2.75) is 33.6 Å². The number of para-hydroxylation sites is 1. The molecular formula is C26H24N6O2S. The van der Waals surface area contributed by atoms with Gasteiger partial charge in [-0.15, -0.1) is 11.3 Å². The van der Waals surface area contributed by atoms with E-state index in [-0.39, 0.29) is 24.3 Å². The summed E-state index contributed by atoms with van der Waals surface area (Å²) in [6.45, 7) is 6.22. The van der Waals surface area contributed by atoms with Gasteiger partial charge in [0, 0.05) is 23.8 Å². The molecule has 0 aliphatic carbocycles. The highest BCUT2D eigenvalue weighted by Gasteiger charge is 2.15. The summed E-state index contributed by atoms with van der Waals surface area (Å²) in [6.07, 6.45) is 1.94. The molecule has 0 aliphatic heterocycles. The molecule has 8 nitrogen and oxygen atoms in total. The smallest absolute Gasteiger partial charge is 0.262 e. The molecule has 5 rings (SSSR count). The van der Waals surface area contributed by atoms with Gasteiger partial charge >= 0.3 is 0 Å². The summed E-state index contributed by atoms with van der Waals surface area (Å²) in [5.41, 5.74) is 6.47. The molecule has 0 spiro atoms. The van der Waals surface area contributed by atoms with Crippen molar-refractivity contribution >= 4 is 33.4 Å². The average Bonchev–Trinajstić information content (AvgIpc) is 3.45.